The van der Waals surface area contributed by atoms with E-state index in [1.54, 1.807) is 11.3 Å². The van der Waals surface area contributed by atoms with Crippen molar-refractivity contribution in [2.75, 3.05) is 6.54 Å². The van der Waals surface area contributed by atoms with Crippen LogP contribution in [-0.4, -0.2) is 6.54 Å². The zero-order chi connectivity index (χ0) is 15.2. The molecule has 0 bridgehead atoms. The molecule has 1 aromatic heterocycles. The molecular formula is C16H18BrF2NS. The van der Waals surface area contributed by atoms with Gasteiger partial charge in [-0.25, -0.2) is 8.78 Å². The minimum Gasteiger partial charge on any atom is -0.310 e. The molecule has 0 saturated carbocycles. The quantitative estimate of drug-likeness (QED) is 0.635. The van der Waals surface area contributed by atoms with Crippen LogP contribution < -0.4 is 5.32 Å². The van der Waals surface area contributed by atoms with Crippen LogP contribution in [0.3, 0.4) is 0 Å². The standard InChI is InChI=1S/C16H18BrF2NS/c1-2-20-14(7-3-5-11-6-4-10-21-11)15-13(18)9-8-12(17)16(15)19/h4,6,8-10,14,20H,2-3,5,7H2,1H3. The number of halogens is 3. The van der Waals surface area contributed by atoms with Gasteiger partial charge in [-0.15, -0.1) is 11.3 Å². The predicted octanol–water partition coefficient (Wildman–Crippen LogP) is 5.46. The van der Waals surface area contributed by atoms with Crippen molar-refractivity contribution < 1.29 is 8.78 Å². The summed E-state index contributed by atoms with van der Waals surface area (Å²) in [6.45, 7) is 2.62. The number of aryl methyl sites for hydroxylation is 1. The number of benzene rings is 1. The van der Waals surface area contributed by atoms with Crippen LogP contribution in [0.25, 0.3) is 0 Å². The average Bonchev–Trinajstić information content (AvgIpc) is 2.97. The molecule has 1 aromatic carbocycles. The molecule has 2 aromatic rings. The summed E-state index contributed by atoms with van der Waals surface area (Å²) in [5, 5.41) is 5.24. The minimum atomic E-state index is -0.503. The molecule has 0 saturated heterocycles. The lowest BCUT2D eigenvalue weighted by Gasteiger charge is -2.20. The van der Waals surface area contributed by atoms with E-state index < -0.39 is 11.6 Å². The van der Waals surface area contributed by atoms with Crippen molar-refractivity contribution in [2.24, 2.45) is 0 Å². The molecule has 5 heteroatoms. The SMILES string of the molecule is CCNC(CCCc1cccs1)c1c(F)ccc(Br)c1F. The third-order valence-corrected chi connectivity index (χ3v) is 4.92. The van der Waals surface area contributed by atoms with Gasteiger partial charge in [0.1, 0.15) is 11.6 Å². The third-order valence-electron chi connectivity index (χ3n) is 3.37. The molecule has 21 heavy (non-hydrogen) atoms. The van der Waals surface area contributed by atoms with E-state index >= 15 is 0 Å². The van der Waals surface area contributed by atoms with Crippen LogP contribution in [0.5, 0.6) is 0 Å². The lowest BCUT2D eigenvalue weighted by atomic mass is 9.99. The molecule has 0 spiro atoms. The molecule has 0 aliphatic rings. The maximum atomic E-state index is 14.2. The maximum Gasteiger partial charge on any atom is 0.145 e. The Bertz CT molecular complexity index is 572. The monoisotopic (exact) mass is 373 g/mol. The predicted molar refractivity (Wildman–Crippen MR) is 87.7 cm³/mol. The smallest absolute Gasteiger partial charge is 0.145 e. The highest BCUT2D eigenvalue weighted by molar-refractivity contribution is 9.10. The van der Waals surface area contributed by atoms with Crippen molar-refractivity contribution in [2.45, 2.75) is 32.2 Å². The van der Waals surface area contributed by atoms with E-state index in [0.29, 0.717) is 17.4 Å². The zero-order valence-corrected chi connectivity index (χ0v) is 14.2. The Morgan fingerprint density at radius 1 is 1.29 bits per heavy atom. The Morgan fingerprint density at radius 2 is 2.10 bits per heavy atom. The first kappa shape index (κ1) is 16.6. The van der Waals surface area contributed by atoms with Gasteiger partial charge in [-0.2, -0.15) is 0 Å². The van der Waals surface area contributed by atoms with Crippen molar-refractivity contribution >= 4 is 27.3 Å². The molecule has 1 N–H and O–H groups in total. The molecule has 0 aliphatic heterocycles. The first-order chi connectivity index (χ1) is 10.1. The van der Waals surface area contributed by atoms with Crippen molar-refractivity contribution in [3.63, 3.8) is 0 Å². The van der Waals surface area contributed by atoms with Gasteiger partial charge in [-0.1, -0.05) is 13.0 Å². The Morgan fingerprint density at radius 3 is 2.76 bits per heavy atom. The average molecular weight is 374 g/mol. The molecule has 0 aliphatic carbocycles. The Hall–Kier alpha value is -0.780. The van der Waals surface area contributed by atoms with Gasteiger partial charge < -0.3 is 5.32 Å². The summed E-state index contributed by atoms with van der Waals surface area (Å²) in [6.07, 6.45) is 2.54. The van der Waals surface area contributed by atoms with E-state index in [4.69, 9.17) is 0 Å². The number of rotatable bonds is 7. The van der Waals surface area contributed by atoms with E-state index in [9.17, 15) is 8.78 Å². The molecule has 1 unspecified atom stereocenters. The van der Waals surface area contributed by atoms with Gasteiger partial charge in [0.15, 0.2) is 0 Å². The van der Waals surface area contributed by atoms with Crippen molar-refractivity contribution in [3.05, 3.63) is 56.2 Å². The molecule has 114 valence electrons. The summed E-state index contributed by atoms with van der Waals surface area (Å²) >= 11 is 4.85. The molecule has 1 heterocycles. The summed E-state index contributed by atoms with van der Waals surface area (Å²) < 4.78 is 28.5. The summed E-state index contributed by atoms with van der Waals surface area (Å²) in [7, 11) is 0. The summed E-state index contributed by atoms with van der Waals surface area (Å²) in [6, 6.07) is 6.53. The lowest BCUT2D eigenvalue weighted by Crippen LogP contribution is -2.23. The van der Waals surface area contributed by atoms with Gasteiger partial charge in [0, 0.05) is 16.5 Å². The van der Waals surface area contributed by atoms with E-state index in [2.05, 4.69) is 27.3 Å². The Kier molecular flexibility index (Phi) is 6.33. The summed E-state index contributed by atoms with van der Waals surface area (Å²) in [5.74, 6) is -0.991. The van der Waals surface area contributed by atoms with Crippen LogP contribution in [0.1, 0.15) is 36.2 Å². The maximum absolute atomic E-state index is 14.2. The Balaban J connectivity index is 2.09. The first-order valence-electron chi connectivity index (χ1n) is 7.02. The summed E-state index contributed by atoms with van der Waals surface area (Å²) in [5.41, 5.74) is 0.136. The summed E-state index contributed by atoms with van der Waals surface area (Å²) in [4.78, 5) is 1.31. The number of hydrogen-bond acceptors (Lipinski definition) is 2. The fraction of sp³-hybridized carbons (Fsp3) is 0.375. The fourth-order valence-corrected chi connectivity index (χ4v) is 3.49. The number of nitrogens with one attached hydrogen (secondary N) is 1. The molecule has 0 amide bonds. The van der Waals surface area contributed by atoms with Crippen LogP contribution in [-0.2, 0) is 6.42 Å². The van der Waals surface area contributed by atoms with Crippen LogP contribution >= 0.6 is 27.3 Å². The zero-order valence-electron chi connectivity index (χ0n) is 11.8. The second-order valence-electron chi connectivity index (χ2n) is 4.84. The molecule has 0 fully saturated rings. The highest BCUT2D eigenvalue weighted by Gasteiger charge is 2.21. The minimum absolute atomic E-state index is 0.136. The molecule has 1 nitrogen and oxygen atoms in total. The fourth-order valence-electron chi connectivity index (χ4n) is 2.39. The Labute approximate surface area is 136 Å². The van der Waals surface area contributed by atoms with E-state index in [-0.39, 0.29) is 11.6 Å². The van der Waals surface area contributed by atoms with E-state index in [0.717, 1.165) is 12.8 Å². The van der Waals surface area contributed by atoms with Crippen LogP contribution in [0.4, 0.5) is 8.78 Å². The van der Waals surface area contributed by atoms with Crippen molar-refractivity contribution in [1.29, 1.82) is 0 Å². The molecule has 1 atom stereocenters. The van der Waals surface area contributed by atoms with Crippen LogP contribution in [0.15, 0.2) is 34.1 Å². The third kappa shape index (κ3) is 4.34. The molecule has 2 rings (SSSR count). The lowest BCUT2D eigenvalue weighted by molar-refractivity contribution is 0.444. The topological polar surface area (TPSA) is 12.0 Å². The van der Waals surface area contributed by atoms with E-state index in [1.807, 2.05) is 18.4 Å². The van der Waals surface area contributed by atoms with Crippen LogP contribution in [0.2, 0.25) is 0 Å². The second kappa shape index (κ2) is 8.01. The second-order valence-corrected chi connectivity index (χ2v) is 6.73. The van der Waals surface area contributed by atoms with Gasteiger partial charge in [0.05, 0.1) is 4.47 Å². The molecule has 0 radical (unpaired) electrons. The van der Waals surface area contributed by atoms with Gasteiger partial charge in [-0.05, 0) is 65.3 Å². The highest BCUT2D eigenvalue weighted by Crippen LogP contribution is 2.29. The normalized spacial score (nSPS) is 12.6. The van der Waals surface area contributed by atoms with Crippen molar-refractivity contribution in [3.8, 4) is 0 Å². The van der Waals surface area contributed by atoms with Crippen LogP contribution in [0, 0.1) is 11.6 Å². The van der Waals surface area contributed by atoms with Gasteiger partial charge in [-0.3, -0.25) is 0 Å². The van der Waals surface area contributed by atoms with Gasteiger partial charge in [0.2, 0.25) is 0 Å². The largest absolute Gasteiger partial charge is 0.310 e. The number of hydrogen-bond donors (Lipinski definition) is 1. The first-order valence-corrected chi connectivity index (χ1v) is 8.70. The van der Waals surface area contributed by atoms with Gasteiger partial charge in [0.25, 0.3) is 0 Å². The highest BCUT2D eigenvalue weighted by atomic mass is 79.9. The van der Waals surface area contributed by atoms with Crippen molar-refractivity contribution in [1.82, 2.24) is 5.32 Å². The van der Waals surface area contributed by atoms with E-state index in [1.165, 1.54) is 17.0 Å². The molecular weight excluding hydrogens is 356 g/mol. The van der Waals surface area contributed by atoms with Gasteiger partial charge >= 0.3 is 0 Å². The number of thiophene rings is 1.